The van der Waals surface area contributed by atoms with E-state index in [0.717, 1.165) is 5.57 Å². The van der Waals surface area contributed by atoms with Gasteiger partial charge in [0.05, 0.1) is 91.8 Å². The number of rotatable bonds is 13. The molecule has 0 aromatic carbocycles. The molecule has 1 spiro atoms. The molecule has 1 amide bonds. The SMILES string of the molecule is COC(=O)N[C@@H]1[C@@H](C)O[C@H](O[C@H]2C/C=C(\C)[C@@H]3C=C[C@@H]4[C@@H](O[C@H]5C[C@@H](O[C@@H]6CC[C@@H](O[C@@H]7C[C@H](O)[C@@H](O[C@H]8CC[C@@H](O)[C@@H](C)O8)[C@H](C)O7)[C@@H](C)O6)[C@@H](OC(C)=O)[C@H](C)O5)[C@@H](C)C[C@@H](C)[C@@H]4[C@@]3(C)C(O)=C3C(=O)O[C@@]4(CCC[C@H](O)[C@@H]4/C=C/2C)C3=O)C[C@@]1(C)N([O-])O. The molecule has 0 aromatic rings. The van der Waals surface area contributed by atoms with Crippen molar-refractivity contribution in [3.8, 4) is 0 Å². The van der Waals surface area contributed by atoms with E-state index in [1.165, 1.54) is 21.0 Å². The van der Waals surface area contributed by atoms with Gasteiger partial charge in [-0.15, -0.1) is 0 Å². The van der Waals surface area contributed by atoms with E-state index in [4.69, 9.17) is 61.6 Å². The standard InChI is InChI=1S/C66H99N2O23/c1-30-16-20-46(86-53-29-64(11,68(77)78)59(38(9)84-53)67-63(76)79-13)31(2)26-42-44(71)15-14-24-66(42)61(74)54(62(75)91-66)60(73)65(12)41(30)18-17-40-55(65)32(3)25-33(4)56(40)90-52-28-48(58(37(8)83-52)85-39(10)69)88-49-23-21-47(35(6)81-49)87-51-27-45(72)57(36(7)82-51)89-50-22-19-43(70)34(5)80-50/h16-18,26,32-38,40-53,55-59,70-73,77H,14-15,19-25,27-29H2,1-13H3,(H,67,76)/q-1/b30-16+,31-26+,60-54?/t32-,33+,34-,35-,36+,37+,38-,40+,41+,42+,43-,44+,45+,46+,47-,48-,49-,50+,51-,52+,53-,55+,56+,57+,58+,59-,64-,65+,66-/m1/s1. The summed E-state index contributed by atoms with van der Waals surface area (Å²) in [7, 11) is 1.18. The lowest BCUT2D eigenvalue weighted by molar-refractivity contribution is -0.331. The summed E-state index contributed by atoms with van der Waals surface area (Å²) < 4.78 is 81.8. The molecule has 0 unspecified atom stereocenters. The van der Waals surface area contributed by atoms with Crippen molar-refractivity contribution in [3.05, 3.63) is 52.0 Å². The first-order valence-electron chi connectivity index (χ1n) is 33.0. The normalized spacial score (nSPS) is 48.4. The van der Waals surface area contributed by atoms with E-state index in [0.29, 0.717) is 50.5 Å². The molecule has 6 heterocycles. The molecule has 91 heavy (non-hydrogen) atoms. The second-order valence-corrected chi connectivity index (χ2v) is 28.2. The van der Waals surface area contributed by atoms with Crippen LogP contribution in [0.4, 0.5) is 4.79 Å². The van der Waals surface area contributed by atoms with E-state index in [1.54, 1.807) is 33.8 Å². The highest BCUT2D eigenvalue weighted by molar-refractivity contribution is 6.26. The largest absolute Gasteiger partial charge is 0.762 e. The topological polar surface area (TPSA) is 328 Å². The van der Waals surface area contributed by atoms with Crippen LogP contribution < -0.4 is 5.32 Å². The average molecular weight is 1290 g/mol. The summed E-state index contributed by atoms with van der Waals surface area (Å²) in [6.07, 6.45) is -3.05. The molecular weight excluding hydrogens is 1190 g/mol. The van der Waals surface area contributed by atoms with E-state index < -0.39 is 198 Å². The van der Waals surface area contributed by atoms with Crippen molar-refractivity contribution in [2.45, 2.75) is 294 Å². The van der Waals surface area contributed by atoms with Gasteiger partial charge in [-0.05, 0) is 124 Å². The van der Waals surface area contributed by atoms with E-state index >= 15 is 4.79 Å². The van der Waals surface area contributed by atoms with E-state index in [2.05, 4.69) is 25.2 Å². The van der Waals surface area contributed by atoms with Crippen LogP contribution in [0.15, 0.2) is 46.8 Å². The van der Waals surface area contributed by atoms with Crippen LogP contribution in [-0.4, -0.2) is 196 Å². The van der Waals surface area contributed by atoms with E-state index in [-0.39, 0.29) is 49.2 Å². The molecule has 2 bridgehead atoms. The Morgan fingerprint density at radius 2 is 1.33 bits per heavy atom. The number of esters is 2. The number of Topliss-reactive ketones (excluding diaryl/α,β-unsaturated/α-hetero) is 1. The fourth-order valence-corrected chi connectivity index (χ4v) is 17.0. The summed E-state index contributed by atoms with van der Waals surface area (Å²) in [5, 5.41) is 72.4. The summed E-state index contributed by atoms with van der Waals surface area (Å²) in [6.45, 7) is 21.5. The number of carbonyl (C=O) groups is 4. The number of aliphatic hydroxyl groups is 4. The molecule has 25 heteroatoms. The van der Waals surface area contributed by atoms with Crippen molar-refractivity contribution in [3.63, 3.8) is 0 Å². The molecule has 8 fully saturated rings. The molecule has 4 aliphatic carbocycles. The number of hydrogen-bond acceptors (Lipinski definition) is 24. The number of hydroxylamine groups is 2. The third-order valence-corrected chi connectivity index (χ3v) is 21.8. The molecule has 0 radical (unpaired) electrons. The minimum absolute atomic E-state index is 0.0812. The zero-order valence-corrected chi connectivity index (χ0v) is 54.8. The predicted octanol–water partition coefficient (Wildman–Crippen LogP) is 6.93. The van der Waals surface area contributed by atoms with Gasteiger partial charge in [0.25, 0.3) is 0 Å². The van der Waals surface area contributed by atoms with E-state index in [1.807, 2.05) is 39.8 Å². The van der Waals surface area contributed by atoms with Gasteiger partial charge < -0.3 is 97.7 Å². The first kappa shape index (κ1) is 69.8. The van der Waals surface area contributed by atoms with Crippen LogP contribution in [0.1, 0.15) is 160 Å². The number of hydrogen-bond donors (Lipinski definition) is 6. The van der Waals surface area contributed by atoms with Crippen molar-refractivity contribution >= 4 is 23.8 Å². The van der Waals surface area contributed by atoms with Gasteiger partial charge in [-0.1, -0.05) is 50.6 Å². The molecule has 29 atom stereocenters. The minimum atomic E-state index is -1.87. The second kappa shape index (κ2) is 28.0. The molecule has 2 saturated carbocycles. The van der Waals surface area contributed by atoms with Crippen molar-refractivity contribution < 1.29 is 106 Å². The van der Waals surface area contributed by atoms with Gasteiger partial charge in [0.1, 0.15) is 23.5 Å². The first-order valence-corrected chi connectivity index (χ1v) is 33.0. The molecule has 512 valence electrons. The van der Waals surface area contributed by atoms with Gasteiger partial charge in [0.15, 0.2) is 43.2 Å². The maximum absolute atomic E-state index is 15.5. The first-order chi connectivity index (χ1) is 43.0. The molecule has 6 saturated heterocycles. The molecule has 6 N–H and O–H groups in total. The Balaban J connectivity index is 0.888. The predicted molar refractivity (Wildman–Crippen MR) is 320 cm³/mol. The maximum atomic E-state index is 15.5. The Hall–Kier alpha value is -4.00. The molecule has 10 aliphatic rings. The summed E-state index contributed by atoms with van der Waals surface area (Å²) in [6, 6.07) is -1.02. The zero-order chi connectivity index (χ0) is 65.9. The fourth-order valence-electron chi connectivity index (χ4n) is 17.0. The summed E-state index contributed by atoms with van der Waals surface area (Å²) in [5.74, 6) is -5.39. The fraction of sp³-hybridized carbons (Fsp3) is 0.818. The number of ketones is 1. The second-order valence-electron chi connectivity index (χ2n) is 28.2. The Bertz CT molecular complexity index is 2750. The molecule has 10 rings (SSSR count). The summed E-state index contributed by atoms with van der Waals surface area (Å²) >= 11 is 0. The van der Waals surface area contributed by atoms with Crippen LogP contribution >= 0.6 is 0 Å². The van der Waals surface area contributed by atoms with Crippen LogP contribution in [0.5, 0.6) is 0 Å². The number of amides is 1. The van der Waals surface area contributed by atoms with Crippen LogP contribution in [0.2, 0.25) is 0 Å². The van der Waals surface area contributed by atoms with Crippen molar-refractivity contribution in [1.82, 2.24) is 10.5 Å². The lowest BCUT2D eigenvalue weighted by atomic mass is 9.49. The number of aliphatic hydroxyl groups excluding tert-OH is 4. The highest BCUT2D eigenvalue weighted by Gasteiger charge is 2.65. The quantitative estimate of drug-likeness (QED) is 0.0358. The third kappa shape index (κ3) is 13.9. The maximum Gasteiger partial charge on any atom is 0.407 e. The van der Waals surface area contributed by atoms with Crippen molar-refractivity contribution in [1.29, 1.82) is 0 Å². The number of nitrogens with one attached hydrogen (secondary N) is 1. The zero-order valence-electron chi connectivity index (χ0n) is 54.8. The van der Waals surface area contributed by atoms with Gasteiger partial charge in [-0.25, -0.2) is 9.59 Å². The van der Waals surface area contributed by atoms with Crippen molar-refractivity contribution in [2.75, 3.05) is 7.11 Å². The number of allylic oxidation sites excluding steroid dienone is 3. The lowest BCUT2D eigenvalue weighted by Gasteiger charge is -2.56. The third-order valence-electron chi connectivity index (χ3n) is 21.8. The smallest absolute Gasteiger partial charge is 0.407 e. The van der Waals surface area contributed by atoms with Crippen LogP contribution in [0.3, 0.4) is 0 Å². The number of ether oxygens (including phenoxy) is 13. The average Bonchev–Trinajstić information content (AvgIpc) is 1.69. The number of nitrogens with zero attached hydrogens (tertiary/aromatic N) is 1. The number of alkyl carbamates (subject to hydrolysis) is 1. The van der Waals surface area contributed by atoms with E-state index in [9.17, 15) is 45.2 Å². The van der Waals surface area contributed by atoms with Gasteiger partial charge >= 0.3 is 18.0 Å². The monoisotopic (exact) mass is 1290 g/mol. The van der Waals surface area contributed by atoms with Crippen molar-refractivity contribution in [2.24, 2.45) is 40.9 Å². The number of methoxy groups -OCH3 is 1. The highest BCUT2D eigenvalue weighted by Crippen LogP contribution is 2.61. The molecule has 6 aliphatic heterocycles. The minimum Gasteiger partial charge on any atom is -0.762 e. The molecular formula is C66H99N2O23-. The van der Waals surface area contributed by atoms with Gasteiger partial charge in [-0.2, -0.15) is 0 Å². The highest BCUT2D eigenvalue weighted by atomic mass is 16.8. The van der Waals surface area contributed by atoms with Crippen LogP contribution in [-0.2, 0) is 76.0 Å². The Labute approximate surface area is 533 Å². The van der Waals surface area contributed by atoms with Gasteiger partial charge in [-0.3, -0.25) is 14.8 Å². The number of carbonyl (C=O) groups excluding carboxylic acids is 4. The Kier molecular flexibility index (Phi) is 21.5. The summed E-state index contributed by atoms with van der Waals surface area (Å²) in [5.41, 5.74) is -3.98. The van der Waals surface area contributed by atoms with Gasteiger partial charge in [0, 0.05) is 56.3 Å². The Morgan fingerprint density at radius 3 is 2.00 bits per heavy atom. The Morgan fingerprint density at radius 1 is 0.692 bits per heavy atom. The van der Waals surface area contributed by atoms with Gasteiger partial charge in [0.2, 0.25) is 5.78 Å². The number of fused-ring (bicyclic) bond motifs is 4. The van der Waals surface area contributed by atoms with Crippen LogP contribution in [0, 0.1) is 46.1 Å². The molecule has 0 aromatic heterocycles. The lowest BCUT2D eigenvalue weighted by Crippen LogP contribution is -2.67. The summed E-state index contributed by atoms with van der Waals surface area (Å²) in [4.78, 5) is 55.3. The van der Waals surface area contributed by atoms with Crippen LogP contribution in [0.25, 0.3) is 0 Å². The molecule has 25 nitrogen and oxygen atoms in total.